The second kappa shape index (κ2) is 5.37. The van der Waals surface area contributed by atoms with Gasteiger partial charge in [-0.3, -0.25) is 4.79 Å². The van der Waals surface area contributed by atoms with Gasteiger partial charge in [0.25, 0.3) is 5.91 Å². The van der Waals surface area contributed by atoms with Crippen molar-refractivity contribution < 1.29 is 4.79 Å². The molecule has 0 radical (unpaired) electrons. The van der Waals surface area contributed by atoms with Gasteiger partial charge >= 0.3 is 0 Å². The maximum atomic E-state index is 12.7. The average molecular weight is 261 g/mol. The van der Waals surface area contributed by atoms with Crippen LogP contribution in [0.5, 0.6) is 0 Å². The summed E-state index contributed by atoms with van der Waals surface area (Å²) < 4.78 is 2.20. The quantitative estimate of drug-likeness (QED) is 0.900. The molecule has 0 aromatic carbocycles. The first-order chi connectivity index (χ1) is 9.31. The molecule has 2 fully saturated rings. The zero-order valence-electron chi connectivity index (χ0n) is 11.6. The molecule has 2 heterocycles. The molecule has 4 heteroatoms. The van der Waals surface area contributed by atoms with Crippen LogP contribution in [-0.4, -0.2) is 41.6 Å². The lowest BCUT2D eigenvalue weighted by molar-refractivity contribution is 0.0720. The highest BCUT2D eigenvalue weighted by molar-refractivity contribution is 5.93. The van der Waals surface area contributed by atoms with E-state index in [1.54, 1.807) is 0 Å². The molecule has 0 spiro atoms. The molecule has 1 saturated carbocycles. The van der Waals surface area contributed by atoms with E-state index < -0.39 is 0 Å². The van der Waals surface area contributed by atoms with Gasteiger partial charge in [-0.2, -0.15) is 0 Å². The Morgan fingerprint density at radius 3 is 2.89 bits per heavy atom. The molecule has 1 unspecified atom stereocenters. The first-order valence-corrected chi connectivity index (χ1v) is 7.43. The number of carbonyl (C=O) groups excluding carboxylic acids is 1. The number of nitrogens with one attached hydrogen (secondary N) is 1. The summed E-state index contributed by atoms with van der Waals surface area (Å²) in [7, 11) is 1.96. The third kappa shape index (κ3) is 2.29. The maximum Gasteiger partial charge on any atom is 0.270 e. The first-order valence-electron chi connectivity index (χ1n) is 7.43. The van der Waals surface area contributed by atoms with Crippen molar-refractivity contribution in [2.75, 3.05) is 20.1 Å². The van der Waals surface area contributed by atoms with Crippen molar-refractivity contribution in [3.8, 4) is 0 Å². The number of amides is 1. The van der Waals surface area contributed by atoms with Gasteiger partial charge in [0.1, 0.15) is 5.69 Å². The van der Waals surface area contributed by atoms with Crippen LogP contribution in [0.25, 0.3) is 0 Å². The lowest BCUT2D eigenvalue weighted by Crippen LogP contribution is -2.41. The predicted octanol–water partition coefficient (Wildman–Crippen LogP) is 2.04. The van der Waals surface area contributed by atoms with Crippen molar-refractivity contribution in [2.24, 2.45) is 0 Å². The molecule has 1 aromatic heterocycles. The van der Waals surface area contributed by atoms with Gasteiger partial charge in [0.15, 0.2) is 0 Å². The maximum absolute atomic E-state index is 12.7. The van der Waals surface area contributed by atoms with E-state index in [1.165, 1.54) is 19.3 Å². The van der Waals surface area contributed by atoms with E-state index in [1.807, 2.05) is 19.2 Å². The van der Waals surface area contributed by atoms with Gasteiger partial charge in [-0.15, -0.1) is 0 Å². The molecule has 1 amide bonds. The number of likely N-dealkylation sites (N-methyl/N-ethyl adjacent to an activating group) is 1. The number of rotatable bonds is 4. The van der Waals surface area contributed by atoms with Crippen molar-refractivity contribution in [3.63, 3.8) is 0 Å². The van der Waals surface area contributed by atoms with Crippen molar-refractivity contribution in [2.45, 2.75) is 44.2 Å². The monoisotopic (exact) mass is 261 g/mol. The summed E-state index contributed by atoms with van der Waals surface area (Å²) >= 11 is 0. The summed E-state index contributed by atoms with van der Waals surface area (Å²) in [5.74, 6) is 0.217. The zero-order chi connectivity index (χ0) is 13.2. The van der Waals surface area contributed by atoms with E-state index in [0.717, 1.165) is 31.6 Å². The normalized spacial score (nSPS) is 23.6. The molecule has 1 aliphatic heterocycles. The van der Waals surface area contributed by atoms with E-state index in [0.29, 0.717) is 12.1 Å². The van der Waals surface area contributed by atoms with E-state index in [-0.39, 0.29) is 5.91 Å². The van der Waals surface area contributed by atoms with E-state index >= 15 is 0 Å². The zero-order valence-corrected chi connectivity index (χ0v) is 11.6. The summed E-state index contributed by atoms with van der Waals surface area (Å²) in [6.45, 7) is 1.80. The standard InChI is InChI=1S/C15H23N3O/c1-16-11-13-7-3-10-18(13)15(19)14-8-4-9-17(14)12-5-2-6-12/h4,8-9,12-13,16H,2-3,5-7,10-11H2,1H3. The van der Waals surface area contributed by atoms with Crippen LogP contribution < -0.4 is 5.32 Å². The van der Waals surface area contributed by atoms with Gasteiger partial charge in [0.05, 0.1) is 0 Å². The van der Waals surface area contributed by atoms with Crippen LogP contribution in [0.1, 0.15) is 48.6 Å². The molecule has 4 nitrogen and oxygen atoms in total. The third-order valence-electron chi connectivity index (χ3n) is 4.54. The topological polar surface area (TPSA) is 37.3 Å². The molecule has 3 rings (SSSR count). The average Bonchev–Trinajstić information content (AvgIpc) is 2.96. The largest absolute Gasteiger partial charge is 0.340 e. The van der Waals surface area contributed by atoms with Gasteiger partial charge in [-0.25, -0.2) is 0 Å². The highest BCUT2D eigenvalue weighted by Crippen LogP contribution is 2.33. The fourth-order valence-corrected chi connectivity index (χ4v) is 3.26. The molecule has 104 valence electrons. The van der Waals surface area contributed by atoms with Gasteiger partial charge < -0.3 is 14.8 Å². The third-order valence-corrected chi connectivity index (χ3v) is 4.54. The highest BCUT2D eigenvalue weighted by Gasteiger charge is 2.31. The van der Waals surface area contributed by atoms with E-state index in [2.05, 4.69) is 21.0 Å². The second-order valence-corrected chi connectivity index (χ2v) is 5.74. The number of carbonyl (C=O) groups is 1. The van der Waals surface area contributed by atoms with Crippen LogP contribution in [0, 0.1) is 0 Å². The Morgan fingerprint density at radius 2 is 2.21 bits per heavy atom. The van der Waals surface area contributed by atoms with Gasteiger partial charge in [0, 0.05) is 31.4 Å². The van der Waals surface area contributed by atoms with Crippen LogP contribution in [-0.2, 0) is 0 Å². The molecule has 1 N–H and O–H groups in total. The molecular weight excluding hydrogens is 238 g/mol. The van der Waals surface area contributed by atoms with Crippen LogP contribution >= 0.6 is 0 Å². The number of hydrogen-bond acceptors (Lipinski definition) is 2. The number of hydrogen-bond donors (Lipinski definition) is 1. The summed E-state index contributed by atoms with van der Waals surface area (Å²) in [6.07, 6.45) is 8.05. The highest BCUT2D eigenvalue weighted by atomic mass is 16.2. The fraction of sp³-hybridized carbons (Fsp3) is 0.667. The van der Waals surface area contributed by atoms with Gasteiger partial charge in [0.2, 0.25) is 0 Å². The number of nitrogens with zero attached hydrogens (tertiary/aromatic N) is 2. The molecule has 1 aromatic rings. The van der Waals surface area contributed by atoms with Crippen molar-refractivity contribution >= 4 is 5.91 Å². The summed E-state index contributed by atoms with van der Waals surface area (Å²) in [6, 6.07) is 4.91. The Morgan fingerprint density at radius 1 is 1.37 bits per heavy atom. The summed E-state index contributed by atoms with van der Waals surface area (Å²) in [5, 5.41) is 3.20. The van der Waals surface area contributed by atoms with Crippen LogP contribution in [0.4, 0.5) is 0 Å². The van der Waals surface area contributed by atoms with Crippen molar-refractivity contribution in [1.82, 2.24) is 14.8 Å². The minimum Gasteiger partial charge on any atom is -0.340 e. The minimum atomic E-state index is 0.217. The van der Waals surface area contributed by atoms with Crippen LogP contribution in [0.2, 0.25) is 0 Å². The second-order valence-electron chi connectivity index (χ2n) is 5.74. The van der Waals surface area contributed by atoms with E-state index in [9.17, 15) is 4.79 Å². The smallest absolute Gasteiger partial charge is 0.270 e. The van der Waals surface area contributed by atoms with Gasteiger partial charge in [-0.1, -0.05) is 0 Å². The van der Waals surface area contributed by atoms with Crippen molar-refractivity contribution in [3.05, 3.63) is 24.0 Å². The van der Waals surface area contributed by atoms with Gasteiger partial charge in [-0.05, 0) is 51.3 Å². The number of likely N-dealkylation sites (tertiary alicyclic amines) is 1. The Labute approximate surface area is 114 Å². The molecular formula is C15H23N3O. The fourth-order valence-electron chi connectivity index (χ4n) is 3.26. The molecule has 1 aliphatic carbocycles. The Bertz CT molecular complexity index is 450. The molecule has 2 aliphatic rings. The first kappa shape index (κ1) is 12.7. The van der Waals surface area contributed by atoms with Crippen molar-refractivity contribution in [1.29, 1.82) is 0 Å². The molecule has 0 bridgehead atoms. The van der Waals surface area contributed by atoms with Crippen LogP contribution in [0.3, 0.4) is 0 Å². The lowest BCUT2D eigenvalue weighted by atomic mass is 9.93. The predicted molar refractivity (Wildman–Crippen MR) is 75.3 cm³/mol. The minimum absolute atomic E-state index is 0.217. The molecule has 1 saturated heterocycles. The Hall–Kier alpha value is -1.29. The molecule has 19 heavy (non-hydrogen) atoms. The van der Waals surface area contributed by atoms with Crippen LogP contribution in [0.15, 0.2) is 18.3 Å². The van der Waals surface area contributed by atoms with E-state index in [4.69, 9.17) is 0 Å². The summed E-state index contributed by atoms with van der Waals surface area (Å²) in [5.41, 5.74) is 0.882. The Kier molecular flexibility index (Phi) is 3.60. The summed E-state index contributed by atoms with van der Waals surface area (Å²) in [4.78, 5) is 14.8. The Balaban J connectivity index is 1.77. The number of aromatic nitrogens is 1. The SMILES string of the molecule is CNCC1CCCN1C(=O)c1cccn1C1CCC1. The molecule has 1 atom stereocenters. The lowest BCUT2D eigenvalue weighted by Gasteiger charge is -2.31.